The largest absolute Gasteiger partial charge is 0.461 e. The molecule has 0 spiro atoms. The lowest BCUT2D eigenvalue weighted by Gasteiger charge is -2.14. The maximum atomic E-state index is 11.7. The number of furan rings is 1. The van der Waals surface area contributed by atoms with E-state index in [0.717, 1.165) is 13.0 Å². The Hall–Kier alpha value is -1.39. The van der Waals surface area contributed by atoms with Crippen LogP contribution in [0, 0.1) is 0 Å². The summed E-state index contributed by atoms with van der Waals surface area (Å²) in [5.41, 5.74) is 0. The Labute approximate surface area is 105 Å². The van der Waals surface area contributed by atoms with Gasteiger partial charge in [0.05, 0.1) is 12.8 Å². The molecule has 0 N–H and O–H groups in total. The average Bonchev–Trinajstić information content (AvgIpc) is 2.99. The Morgan fingerprint density at radius 2 is 2.29 bits per heavy atom. The summed E-state index contributed by atoms with van der Waals surface area (Å²) in [7, 11) is 1.95. The third-order valence-electron chi connectivity index (χ3n) is 2.53. The Balaban J connectivity index is 1.77. The number of ketones is 1. The number of nitrogens with zero attached hydrogens (tertiary/aromatic N) is 1. The van der Waals surface area contributed by atoms with Crippen molar-refractivity contribution in [3.8, 4) is 0 Å². The van der Waals surface area contributed by atoms with Crippen LogP contribution in [0.4, 0.5) is 0 Å². The van der Waals surface area contributed by atoms with Crippen molar-refractivity contribution in [2.24, 2.45) is 0 Å². The third kappa shape index (κ3) is 3.54. The smallest absolute Gasteiger partial charge is 0.211 e. The molecule has 0 radical (unpaired) electrons. The zero-order valence-electron chi connectivity index (χ0n) is 9.76. The molecule has 0 unspecified atom stereocenters. The summed E-state index contributed by atoms with van der Waals surface area (Å²) < 4.78 is 5.07. The number of hydrogen-bond acceptors (Lipinski definition) is 4. The zero-order valence-corrected chi connectivity index (χ0v) is 10.6. The Kier molecular flexibility index (Phi) is 4.12. The second-order valence-corrected chi connectivity index (χ2v) is 5.00. The molecule has 0 aliphatic heterocycles. The second kappa shape index (κ2) is 5.80. The van der Waals surface area contributed by atoms with Crippen LogP contribution in [-0.2, 0) is 6.42 Å². The van der Waals surface area contributed by atoms with Gasteiger partial charge in [0.1, 0.15) is 0 Å². The summed E-state index contributed by atoms with van der Waals surface area (Å²) in [5.74, 6) is 0.469. The quantitative estimate of drug-likeness (QED) is 0.738. The lowest BCUT2D eigenvalue weighted by atomic mass is 10.2. The minimum Gasteiger partial charge on any atom is -0.461 e. The van der Waals surface area contributed by atoms with Gasteiger partial charge in [0, 0.05) is 11.4 Å². The van der Waals surface area contributed by atoms with Crippen LogP contribution in [0.15, 0.2) is 40.3 Å². The molecule has 0 saturated heterocycles. The maximum Gasteiger partial charge on any atom is 0.211 e. The van der Waals surface area contributed by atoms with Crippen LogP contribution in [0.3, 0.4) is 0 Å². The molecule has 0 aliphatic rings. The van der Waals surface area contributed by atoms with Gasteiger partial charge in [-0.15, -0.1) is 11.3 Å². The van der Waals surface area contributed by atoms with E-state index in [9.17, 15) is 4.79 Å². The highest BCUT2D eigenvalue weighted by molar-refractivity contribution is 7.09. The highest BCUT2D eigenvalue weighted by atomic mass is 32.1. The first kappa shape index (κ1) is 12.1. The van der Waals surface area contributed by atoms with E-state index < -0.39 is 0 Å². The van der Waals surface area contributed by atoms with Crippen molar-refractivity contribution in [1.82, 2.24) is 4.90 Å². The van der Waals surface area contributed by atoms with Gasteiger partial charge < -0.3 is 4.42 Å². The normalized spacial score (nSPS) is 10.9. The number of carbonyl (C=O) groups is 1. The van der Waals surface area contributed by atoms with Gasteiger partial charge in [-0.05, 0) is 37.0 Å². The van der Waals surface area contributed by atoms with E-state index in [-0.39, 0.29) is 5.78 Å². The molecular formula is C13H15NO2S. The van der Waals surface area contributed by atoms with Gasteiger partial charge in [-0.1, -0.05) is 6.07 Å². The predicted molar refractivity (Wildman–Crippen MR) is 68.6 cm³/mol. The van der Waals surface area contributed by atoms with E-state index >= 15 is 0 Å². The topological polar surface area (TPSA) is 33.5 Å². The monoisotopic (exact) mass is 249 g/mol. The van der Waals surface area contributed by atoms with Crippen molar-refractivity contribution in [2.45, 2.75) is 6.42 Å². The molecule has 0 aromatic carbocycles. The molecule has 17 heavy (non-hydrogen) atoms. The van der Waals surface area contributed by atoms with Crippen molar-refractivity contribution in [3.63, 3.8) is 0 Å². The third-order valence-corrected chi connectivity index (χ3v) is 3.47. The van der Waals surface area contributed by atoms with Crippen LogP contribution in [-0.4, -0.2) is 30.8 Å². The molecule has 2 aromatic heterocycles. The summed E-state index contributed by atoms with van der Waals surface area (Å²) in [6.07, 6.45) is 2.51. The van der Waals surface area contributed by atoms with E-state index in [1.54, 1.807) is 23.5 Å². The van der Waals surface area contributed by atoms with E-state index in [1.807, 2.05) is 18.0 Å². The Morgan fingerprint density at radius 1 is 1.41 bits per heavy atom. The molecule has 4 heteroatoms. The molecular weight excluding hydrogens is 234 g/mol. The van der Waals surface area contributed by atoms with Gasteiger partial charge in [-0.2, -0.15) is 0 Å². The van der Waals surface area contributed by atoms with Crippen molar-refractivity contribution >= 4 is 17.1 Å². The molecule has 90 valence electrons. The van der Waals surface area contributed by atoms with E-state index in [4.69, 9.17) is 4.42 Å². The zero-order chi connectivity index (χ0) is 12.1. The van der Waals surface area contributed by atoms with Crippen LogP contribution in [0.1, 0.15) is 15.4 Å². The van der Waals surface area contributed by atoms with Crippen molar-refractivity contribution in [1.29, 1.82) is 0 Å². The Bertz CT molecular complexity index is 448. The fourth-order valence-electron chi connectivity index (χ4n) is 1.60. The van der Waals surface area contributed by atoms with Gasteiger partial charge in [0.25, 0.3) is 0 Å². The molecule has 2 rings (SSSR count). The molecule has 0 aliphatic carbocycles. The van der Waals surface area contributed by atoms with E-state index in [0.29, 0.717) is 12.3 Å². The standard InChI is InChI=1S/C13H15NO2S/c1-14(7-6-11-4-3-9-17-11)10-12(15)13-5-2-8-16-13/h2-5,8-9H,6-7,10H2,1H3. The van der Waals surface area contributed by atoms with E-state index in [2.05, 4.69) is 11.4 Å². The molecule has 0 atom stereocenters. The number of rotatable bonds is 6. The van der Waals surface area contributed by atoms with Gasteiger partial charge in [0.2, 0.25) is 5.78 Å². The first-order valence-electron chi connectivity index (χ1n) is 5.53. The van der Waals surface area contributed by atoms with Gasteiger partial charge in [-0.3, -0.25) is 9.69 Å². The van der Waals surface area contributed by atoms with Gasteiger partial charge in [-0.25, -0.2) is 0 Å². The summed E-state index contributed by atoms with van der Waals surface area (Å²) in [6, 6.07) is 7.61. The highest BCUT2D eigenvalue weighted by Crippen LogP contribution is 2.09. The van der Waals surface area contributed by atoms with Gasteiger partial charge in [0.15, 0.2) is 5.76 Å². The molecule has 0 saturated carbocycles. The number of likely N-dealkylation sites (N-methyl/N-ethyl adjacent to an activating group) is 1. The fourth-order valence-corrected chi connectivity index (χ4v) is 2.29. The van der Waals surface area contributed by atoms with Gasteiger partial charge >= 0.3 is 0 Å². The minimum absolute atomic E-state index is 0.0312. The summed E-state index contributed by atoms with van der Waals surface area (Å²) in [4.78, 5) is 15.1. The first-order chi connectivity index (χ1) is 8.25. The lowest BCUT2D eigenvalue weighted by molar-refractivity contribution is 0.0919. The summed E-state index contributed by atoms with van der Waals surface area (Å²) >= 11 is 1.75. The molecule has 3 nitrogen and oxygen atoms in total. The van der Waals surface area contributed by atoms with Crippen LogP contribution in [0.25, 0.3) is 0 Å². The van der Waals surface area contributed by atoms with Crippen molar-refractivity contribution < 1.29 is 9.21 Å². The minimum atomic E-state index is 0.0312. The molecule has 0 bridgehead atoms. The van der Waals surface area contributed by atoms with E-state index in [1.165, 1.54) is 11.1 Å². The van der Waals surface area contributed by atoms with Crippen molar-refractivity contribution in [3.05, 3.63) is 46.5 Å². The number of carbonyl (C=O) groups excluding carboxylic acids is 1. The Morgan fingerprint density at radius 3 is 2.94 bits per heavy atom. The van der Waals surface area contributed by atoms with Crippen LogP contribution < -0.4 is 0 Å². The van der Waals surface area contributed by atoms with Crippen LogP contribution in [0.5, 0.6) is 0 Å². The van der Waals surface area contributed by atoms with Crippen LogP contribution in [0.2, 0.25) is 0 Å². The maximum absolute atomic E-state index is 11.7. The van der Waals surface area contributed by atoms with Crippen molar-refractivity contribution in [2.75, 3.05) is 20.1 Å². The highest BCUT2D eigenvalue weighted by Gasteiger charge is 2.11. The number of thiophene rings is 1. The second-order valence-electron chi connectivity index (χ2n) is 3.97. The average molecular weight is 249 g/mol. The lowest BCUT2D eigenvalue weighted by Crippen LogP contribution is -2.27. The summed E-state index contributed by atoms with van der Waals surface area (Å²) in [6.45, 7) is 1.28. The summed E-state index contributed by atoms with van der Waals surface area (Å²) in [5, 5.41) is 2.07. The van der Waals surface area contributed by atoms with Crippen LogP contribution >= 0.6 is 11.3 Å². The predicted octanol–water partition coefficient (Wildman–Crippen LogP) is 2.70. The molecule has 2 aromatic rings. The molecule has 0 fully saturated rings. The fraction of sp³-hybridized carbons (Fsp3) is 0.308. The SMILES string of the molecule is CN(CCc1cccs1)CC(=O)c1ccco1. The molecule has 0 amide bonds. The number of Topliss-reactive ketones (excluding diaryl/α,β-unsaturated/α-hetero) is 1. The number of hydrogen-bond donors (Lipinski definition) is 0. The molecule has 2 heterocycles. The first-order valence-corrected chi connectivity index (χ1v) is 6.41.